The Hall–Kier alpha value is -4.97. The van der Waals surface area contributed by atoms with Crippen molar-refractivity contribution in [1.82, 2.24) is 8.96 Å². The van der Waals surface area contributed by atoms with Gasteiger partial charge in [0.05, 0.1) is 0 Å². The van der Waals surface area contributed by atoms with E-state index in [0.717, 1.165) is 45.4 Å². The Morgan fingerprint density at radius 2 is 1.08 bits per heavy atom. The van der Waals surface area contributed by atoms with Crippen molar-refractivity contribution in [2.24, 2.45) is 20.0 Å². The molecule has 8 rings (SSSR count). The van der Waals surface area contributed by atoms with Crippen LogP contribution in [0.4, 0.5) is 42.3 Å². The standard InChI is InChI=1S/C25H6BF7N6/c27-14-1-8-11(4-17(14)30)24-37-25-13-6-19(32)18(31)5-12(13)23-36-22-10-3-16(29)15(28)2-9(10)21(35-22)34-7-20(8)38(24)26(33)39(23)25/h1-6H/b36-22-. The zero-order valence-corrected chi connectivity index (χ0v) is 18.9. The highest BCUT2D eigenvalue weighted by atomic mass is 19.2. The molecule has 3 aromatic carbocycles. The third kappa shape index (κ3) is 2.73. The SMILES string of the molecule is FB1n2c3c4cc(F)c(F)cc4c2/N=C2\N=C(N=C=c4c5cc(F)c(F)cc5c(n41)=N3)c1cc(F)c(F)cc12. The first-order valence-corrected chi connectivity index (χ1v) is 11.3. The second kappa shape index (κ2) is 7.11. The van der Waals surface area contributed by atoms with Crippen molar-refractivity contribution in [3.05, 3.63) is 93.3 Å². The molecule has 3 aliphatic rings. The van der Waals surface area contributed by atoms with E-state index < -0.39 is 42.2 Å². The Bertz CT molecular complexity index is 2260. The summed E-state index contributed by atoms with van der Waals surface area (Å²) in [6.45, 7) is 0. The normalized spacial score (nSPS) is 16.0. The van der Waals surface area contributed by atoms with E-state index in [9.17, 15) is 26.3 Å². The minimum absolute atomic E-state index is 0.00138. The molecule has 0 saturated carbocycles. The van der Waals surface area contributed by atoms with E-state index in [-0.39, 0.29) is 66.8 Å². The molecule has 4 bridgehead atoms. The molecule has 0 spiro atoms. The fourth-order valence-electron chi connectivity index (χ4n) is 5.17. The van der Waals surface area contributed by atoms with Gasteiger partial charge in [-0.25, -0.2) is 41.3 Å². The summed E-state index contributed by atoms with van der Waals surface area (Å²) in [7, 11) is -2.20. The third-order valence-corrected chi connectivity index (χ3v) is 6.90. The average Bonchev–Trinajstić information content (AvgIpc) is 3.48. The summed E-state index contributed by atoms with van der Waals surface area (Å²) in [5.74, 6) is -5.64. The maximum atomic E-state index is 16.5. The Labute approximate surface area is 211 Å². The summed E-state index contributed by atoms with van der Waals surface area (Å²) < 4.78 is 104. The topological polar surface area (TPSA) is 59.3 Å². The summed E-state index contributed by atoms with van der Waals surface area (Å²) in [6.07, 6.45) is 0. The molecular weight excluding hydrogens is 528 g/mol. The van der Waals surface area contributed by atoms with E-state index in [4.69, 9.17) is 0 Å². The van der Waals surface area contributed by atoms with Gasteiger partial charge >= 0.3 is 7.26 Å². The van der Waals surface area contributed by atoms with Crippen molar-refractivity contribution in [3.63, 3.8) is 0 Å². The molecule has 0 fully saturated rings. The number of halogens is 7. The predicted octanol–water partition coefficient (Wildman–Crippen LogP) is 4.24. The summed E-state index contributed by atoms with van der Waals surface area (Å²) in [5.41, 5.74) is -0.137. The molecule has 188 valence electrons. The van der Waals surface area contributed by atoms with Gasteiger partial charge in [0.15, 0.2) is 46.6 Å². The lowest BCUT2D eigenvalue weighted by molar-refractivity contribution is 0.508. The molecule has 0 saturated heterocycles. The summed E-state index contributed by atoms with van der Waals surface area (Å²) in [5, 5.41) is -0.305. The van der Waals surface area contributed by atoms with Crippen molar-refractivity contribution in [3.8, 4) is 0 Å². The Morgan fingerprint density at radius 1 is 0.564 bits per heavy atom. The van der Waals surface area contributed by atoms with Crippen LogP contribution in [0.2, 0.25) is 0 Å². The number of aliphatic imine (C=N–C) groups is 3. The number of rotatable bonds is 0. The van der Waals surface area contributed by atoms with Crippen molar-refractivity contribution in [2.45, 2.75) is 0 Å². The number of nitrogens with zero attached hydrogens (tertiary/aromatic N) is 6. The second-order valence-electron chi connectivity index (χ2n) is 9.01. The van der Waals surface area contributed by atoms with Crippen molar-refractivity contribution in [2.75, 3.05) is 0 Å². The summed E-state index contributed by atoms with van der Waals surface area (Å²) >= 11 is 0. The van der Waals surface area contributed by atoms with Gasteiger partial charge < -0.3 is 8.96 Å². The highest BCUT2D eigenvalue weighted by Gasteiger charge is 2.37. The number of aromatic nitrogens is 2. The fourth-order valence-corrected chi connectivity index (χ4v) is 5.17. The van der Waals surface area contributed by atoms with Crippen LogP contribution in [0.15, 0.2) is 56.4 Å². The lowest BCUT2D eigenvalue weighted by Crippen LogP contribution is -2.45. The van der Waals surface area contributed by atoms with Gasteiger partial charge in [-0.1, -0.05) is 0 Å². The smallest absolute Gasteiger partial charge is 0.311 e. The van der Waals surface area contributed by atoms with Crippen LogP contribution >= 0.6 is 0 Å². The highest BCUT2D eigenvalue weighted by Crippen LogP contribution is 2.41. The van der Waals surface area contributed by atoms with Crippen LogP contribution in [0.1, 0.15) is 11.1 Å². The zero-order chi connectivity index (χ0) is 26.9. The molecule has 0 N–H and O–H groups in total. The fraction of sp³-hybridized carbons (Fsp3) is 0. The van der Waals surface area contributed by atoms with Crippen LogP contribution < -0.4 is 10.8 Å². The summed E-state index contributed by atoms with van der Waals surface area (Å²) in [6, 6.07) is 4.93. The van der Waals surface area contributed by atoms with Gasteiger partial charge in [0, 0.05) is 38.5 Å². The molecule has 0 radical (unpaired) electrons. The van der Waals surface area contributed by atoms with Crippen LogP contribution in [0.25, 0.3) is 21.5 Å². The van der Waals surface area contributed by atoms with E-state index in [2.05, 4.69) is 25.8 Å². The second-order valence-corrected chi connectivity index (χ2v) is 9.01. The van der Waals surface area contributed by atoms with Crippen molar-refractivity contribution >= 4 is 58.0 Å². The van der Waals surface area contributed by atoms with Crippen LogP contribution in [-0.4, -0.2) is 33.8 Å². The summed E-state index contributed by atoms with van der Waals surface area (Å²) in [4.78, 5) is 17.1. The third-order valence-electron chi connectivity index (χ3n) is 6.90. The molecule has 14 heteroatoms. The van der Waals surface area contributed by atoms with Crippen LogP contribution in [0.3, 0.4) is 0 Å². The molecule has 0 aliphatic carbocycles. The highest BCUT2D eigenvalue weighted by molar-refractivity contribution is 6.51. The first-order valence-electron chi connectivity index (χ1n) is 11.3. The molecule has 5 aromatic rings. The first-order chi connectivity index (χ1) is 18.7. The zero-order valence-electron chi connectivity index (χ0n) is 18.9. The Kier molecular flexibility index (Phi) is 4.02. The number of hydrogen-bond acceptors (Lipinski definition) is 4. The van der Waals surface area contributed by atoms with E-state index >= 15 is 4.32 Å². The lowest BCUT2D eigenvalue weighted by Gasteiger charge is -2.16. The number of fused-ring (bicyclic) bond motifs is 10. The minimum Gasteiger partial charge on any atom is -0.311 e. The van der Waals surface area contributed by atoms with Gasteiger partial charge in [0.25, 0.3) is 0 Å². The molecule has 39 heavy (non-hydrogen) atoms. The predicted molar refractivity (Wildman–Crippen MR) is 127 cm³/mol. The largest absolute Gasteiger partial charge is 0.601 e. The van der Waals surface area contributed by atoms with E-state index in [1.165, 1.54) is 0 Å². The quantitative estimate of drug-likeness (QED) is 0.211. The van der Waals surface area contributed by atoms with Crippen molar-refractivity contribution in [1.29, 1.82) is 0 Å². The minimum atomic E-state index is -2.20. The van der Waals surface area contributed by atoms with Crippen LogP contribution in [0, 0.1) is 34.9 Å². The molecule has 3 aliphatic heterocycles. The maximum Gasteiger partial charge on any atom is 0.601 e. The average molecular weight is 534 g/mol. The number of benzene rings is 3. The first kappa shape index (κ1) is 22.1. The van der Waals surface area contributed by atoms with Crippen LogP contribution in [0.5, 0.6) is 0 Å². The van der Waals surface area contributed by atoms with Crippen molar-refractivity contribution < 1.29 is 30.7 Å². The molecule has 6 nitrogen and oxygen atoms in total. The maximum absolute atomic E-state index is 16.5. The molecular formula is C25H6BF7N6. The molecule has 0 amide bonds. The molecule has 5 heterocycles. The van der Waals surface area contributed by atoms with Gasteiger partial charge in [0.1, 0.15) is 22.5 Å². The van der Waals surface area contributed by atoms with Gasteiger partial charge in [-0.3, -0.25) is 4.32 Å². The van der Waals surface area contributed by atoms with Gasteiger partial charge in [-0.2, -0.15) is 4.99 Å². The van der Waals surface area contributed by atoms with E-state index in [1.807, 2.05) is 0 Å². The number of hydrogen-bond donors (Lipinski definition) is 0. The van der Waals surface area contributed by atoms with Gasteiger partial charge in [0.2, 0.25) is 0 Å². The molecule has 0 atom stereocenters. The Morgan fingerprint density at radius 3 is 1.72 bits per heavy atom. The number of amidine groups is 2. The van der Waals surface area contributed by atoms with E-state index in [0.29, 0.717) is 0 Å². The van der Waals surface area contributed by atoms with Crippen LogP contribution in [-0.2, 0) is 0 Å². The monoisotopic (exact) mass is 534 g/mol. The lowest BCUT2D eigenvalue weighted by atomic mass is 10.0. The van der Waals surface area contributed by atoms with Gasteiger partial charge in [-0.15, -0.1) is 0 Å². The Balaban J connectivity index is 1.65. The van der Waals surface area contributed by atoms with Gasteiger partial charge in [-0.05, 0) is 36.4 Å². The molecule has 2 aromatic heterocycles. The van der Waals surface area contributed by atoms with E-state index in [1.54, 1.807) is 0 Å². The molecule has 0 unspecified atom stereocenters.